The van der Waals surface area contributed by atoms with E-state index in [0.717, 1.165) is 12.1 Å². The largest absolute Gasteiger partial charge is 0.481 e. The lowest BCUT2D eigenvalue weighted by molar-refractivity contribution is -0.141. The second-order valence-corrected chi connectivity index (χ2v) is 6.02. The molecule has 0 spiro atoms. The highest BCUT2D eigenvalue weighted by molar-refractivity contribution is 5.77. The Morgan fingerprint density at radius 1 is 1.33 bits per heavy atom. The van der Waals surface area contributed by atoms with Gasteiger partial charge in [-0.05, 0) is 37.5 Å². The van der Waals surface area contributed by atoms with Crippen LogP contribution in [0.25, 0.3) is 0 Å². The molecule has 2 amide bonds. The number of hydrogen-bond donors (Lipinski definition) is 2. The Balaban J connectivity index is 1.86. The third-order valence-electron chi connectivity index (χ3n) is 4.02. The van der Waals surface area contributed by atoms with Crippen molar-refractivity contribution in [2.45, 2.75) is 32.0 Å². The topological polar surface area (TPSA) is 69.6 Å². The van der Waals surface area contributed by atoms with Crippen molar-refractivity contribution in [2.75, 3.05) is 13.1 Å². The lowest BCUT2D eigenvalue weighted by Gasteiger charge is -2.21. The maximum atomic E-state index is 12.5. The number of hydrogen-bond acceptors (Lipinski definition) is 2. The first-order valence-corrected chi connectivity index (χ1v) is 7.61. The van der Waals surface area contributed by atoms with Crippen molar-refractivity contribution >= 4 is 12.0 Å². The molecule has 1 heterocycles. The molecule has 0 bridgehead atoms. The van der Waals surface area contributed by atoms with E-state index in [2.05, 4.69) is 5.32 Å². The average molecular weight is 344 g/mol. The van der Waals surface area contributed by atoms with Crippen molar-refractivity contribution in [3.63, 3.8) is 0 Å². The van der Waals surface area contributed by atoms with Crippen LogP contribution < -0.4 is 5.32 Å². The van der Waals surface area contributed by atoms with Crippen LogP contribution >= 0.6 is 0 Å². The first-order chi connectivity index (χ1) is 11.2. The fraction of sp³-hybridized carbons (Fsp3) is 0.500. The van der Waals surface area contributed by atoms with Gasteiger partial charge in [0.1, 0.15) is 0 Å². The van der Waals surface area contributed by atoms with E-state index in [9.17, 15) is 22.8 Å². The van der Waals surface area contributed by atoms with Crippen LogP contribution in [0.4, 0.5) is 18.0 Å². The maximum absolute atomic E-state index is 12.5. The van der Waals surface area contributed by atoms with Crippen LogP contribution in [0, 0.1) is 5.92 Å². The Labute approximate surface area is 137 Å². The van der Waals surface area contributed by atoms with Crippen LogP contribution in [0.1, 0.15) is 24.5 Å². The predicted molar refractivity (Wildman–Crippen MR) is 80.5 cm³/mol. The number of carbonyl (C=O) groups is 2. The third kappa shape index (κ3) is 4.62. The number of carbonyl (C=O) groups excluding carboxylic acids is 1. The van der Waals surface area contributed by atoms with E-state index in [4.69, 9.17) is 5.11 Å². The summed E-state index contributed by atoms with van der Waals surface area (Å²) in [6.07, 6.45) is -3.55. The summed E-state index contributed by atoms with van der Waals surface area (Å²) in [6, 6.07) is 4.18. The van der Waals surface area contributed by atoms with Crippen LogP contribution in [0.3, 0.4) is 0 Å². The number of rotatable bonds is 4. The summed E-state index contributed by atoms with van der Waals surface area (Å²) in [7, 11) is 0. The normalized spacial score (nSPS) is 19.2. The monoisotopic (exact) mass is 344 g/mol. The van der Waals surface area contributed by atoms with Crippen LogP contribution in [-0.2, 0) is 17.4 Å². The van der Waals surface area contributed by atoms with Gasteiger partial charge in [-0.2, -0.15) is 13.2 Å². The summed E-state index contributed by atoms with van der Waals surface area (Å²) < 4.78 is 37.5. The molecule has 1 fully saturated rings. The molecule has 0 radical (unpaired) electrons. The standard InChI is InChI=1S/C16H19F3N2O3/c1-10(8-11-2-4-13(5-3-11)16(17,18)19)20-15(24)21-7-6-12(9-21)14(22)23/h2-5,10,12H,6-9H2,1H3,(H,20,24)(H,22,23). The number of carboxylic acid groups (broad SMARTS) is 1. The minimum absolute atomic E-state index is 0.175. The second-order valence-electron chi connectivity index (χ2n) is 6.02. The molecule has 1 aliphatic rings. The highest BCUT2D eigenvalue weighted by atomic mass is 19.4. The van der Waals surface area contributed by atoms with Crippen LogP contribution in [0.15, 0.2) is 24.3 Å². The van der Waals surface area contributed by atoms with Crippen LogP contribution in [0.2, 0.25) is 0 Å². The van der Waals surface area contributed by atoms with E-state index in [0.29, 0.717) is 24.9 Å². The molecule has 0 aromatic heterocycles. The van der Waals surface area contributed by atoms with Crippen molar-refractivity contribution in [1.82, 2.24) is 10.2 Å². The highest BCUT2D eigenvalue weighted by Crippen LogP contribution is 2.29. The number of urea groups is 1. The number of halogens is 3. The molecule has 0 aliphatic carbocycles. The van der Waals surface area contributed by atoms with Gasteiger partial charge in [0.05, 0.1) is 11.5 Å². The number of aliphatic carboxylic acids is 1. The summed E-state index contributed by atoms with van der Waals surface area (Å²) >= 11 is 0. The molecule has 1 aromatic carbocycles. The Hall–Kier alpha value is -2.25. The molecule has 0 saturated carbocycles. The number of nitrogens with one attached hydrogen (secondary N) is 1. The van der Waals surface area contributed by atoms with E-state index in [1.54, 1.807) is 6.92 Å². The molecule has 5 nitrogen and oxygen atoms in total. The van der Waals surface area contributed by atoms with Gasteiger partial charge in [0.25, 0.3) is 0 Å². The summed E-state index contributed by atoms with van der Waals surface area (Å²) in [6.45, 7) is 2.31. The quantitative estimate of drug-likeness (QED) is 0.882. The van der Waals surface area contributed by atoms with Crippen molar-refractivity contribution < 1.29 is 27.9 Å². The number of alkyl halides is 3. The molecule has 2 N–H and O–H groups in total. The number of amides is 2. The summed E-state index contributed by atoms with van der Waals surface area (Å²) in [5, 5.41) is 11.7. The molecule has 2 unspecified atom stereocenters. The van der Waals surface area contributed by atoms with Gasteiger partial charge in [-0.1, -0.05) is 12.1 Å². The minimum atomic E-state index is -4.37. The minimum Gasteiger partial charge on any atom is -0.481 e. The van der Waals surface area contributed by atoms with E-state index in [-0.39, 0.29) is 18.6 Å². The Morgan fingerprint density at radius 2 is 1.96 bits per heavy atom. The van der Waals surface area contributed by atoms with Gasteiger partial charge in [-0.15, -0.1) is 0 Å². The van der Waals surface area contributed by atoms with Crippen LogP contribution in [-0.4, -0.2) is 41.1 Å². The third-order valence-corrected chi connectivity index (χ3v) is 4.02. The molecular weight excluding hydrogens is 325 g/mol. The average Bonchev–Trinajstić information content (AvgIpc) is 2.96. The van der Waals surface area contributed by atoms with Gasteiger partial charge in [-0.3, -0.25) is 4.79 Å². The lowest BCUT2D eigenvalue weighted by atomic mass is 10.1. The fourth-order valence-corrected chi connectivity index (χ4v) is 2.68. The predicted octanol–water partition coefficient (Wildman–Crippen LogP) is 2.75. The molecule has 1 aromatic rings. The Morgan fingerprint density at radius 3 is 2.46 bits per heavy atom. The molecular formula is C16H19F3N2O3. The maximum Gasteiger partial charge on any atom is 0.416 e. The first-order valence-electron chi connectivity index (χ1n) is 7.61. The molecule has 132 valence electrons. The van der Waals surface area contributed by atoms with Crippen LogP contribution in [0.5, 0.6) is 0 Å². The molecule has 2 rings (SSSR count). The smallest absolute Gasteiger partial charge is 0.416 e. The zero-order valence-electron chi connectivity index (χ0n) is 13.1. The second kappa shape index (κ2) is 7.11. The summed E-state index contributed by atoms with van der Waals surface area (Å²) in [4.78, 5) is 24.4. The number of nitrogens with zero attached hydrogens (tertiary/aromatic N) is 1. The zero-order chi connectivity index (χ0) is 17.9. The van der Waals surface area contributed by atoms with Gasteiger partial charge in [0, 0.05) is 19.1 Å². The van der Waals surface area contributed by atoms with Crippen molar-refractivity contribution in [3.8, 4) is 0 Å². The van der Waals surface area contributed by atoms with E-state index in [1.807, 2.05) is 0 Å². The molecule has 1 saturated heterocycles. The first kappa shape index (κ1) is 18.1. The number of carboxylic acids is 1. The van der Waals surface area contributed by atoms with Crippen molar-refractivity contribution in [1.29, 1.82) is 0 Å². The van der Waals surface area contributed by atoms with Gasteiger partial charge in [0.2, 0.25) is 0 Å². The molecule has 2 atom stereocenters. The van der Waals surface area contributed by atoms with Gasteiger partial charge >= 0.3 is 18.2 Å². The van der Waals surface area contributed by atoms with E-state index in [1.165, 1.54) is 17.0 Å². The van der Waals surface area contributed by atoms with E-state index >= 15 is 0 Å². The van der Waals surface area contributed by atoms with Gasteiger partial charge in [0.15, 0.2) is 0 Å². The van der Waals surface area contributed by atoms with Crippen molar-refractivity contribution in [2.24, 2.45) is 5.92 Å². The zero-order valence-corrected chi connectivity index (χ0v) is 13.1. The molecule has 1 aliphatic heterocycles. The Bertz CT molecular complexity index is 602. The Kier molecular flexibility index (Phi) is 5.36. The number of benzene rings is 1. The summed E-state index contributed by atoms with van der Waals surface area (Å²) in [5.41, 5.74) is -0.0275. The fourth-order valence-electron chi connectivity index (χ4n) is 2.68. The van der Waals surface area contributed by atoms with Gasteiger partial charge < -0.3 is 15.3 Å². The SMILES string of the molecule is CC(Cc1ccc(C(F)(F)F)cc1)NC(=O)N1CCC(C(=O)O)C1. The lowest BCUT2D eigenvalue weighted by Crippen LogP contribution is -2.43. The summed E-state index contributed by atoms with van der Waals surface area (Å²) in [5.74, 6) is -1.45. The molecule has 24 heavy (non-hydrogen) atoms. The highest BCUT2D eigenvalue weighted by Gasteiger charge is 2.31. The van der Waals surface area contributed by atoms with E-state index < -0.39 is 23.6 Å². The number of likely N-dealkylation sites (tertiary alicyclic amines) is 1. The van der Waals surface area contributed by atoms with Gasteiger partial charge in [-0.25, -0.2) is 4.79 Å². The van der Waals surface area contributed by atoms with Crippen molar-refractivity contribution in [3.05, 3.63) is 35.4 Å². The molecule has 8 heteroatoms.